The van der Waals surface area contributed by atoms with E-state index in [0.29, 0.717) is 22.5 Å². The third kappa shape index (κ3) is 7.11. The molecule has 1 saturated heterocycles. The van der Waals surface area contributed by atoms with E-state index in [9.17, 15) is 4.79 Å². The van der Waals surface area contributed by atoms with Gasteiger partial charge in [-0.25, -0.2) is 4.98 Å². The van der Waals surface area contributed by atoms with Crippen molar-refractivity contribution in [1.82, 2.24) is 19.8 Å². The van der Waals surface area contributed by atoms with Crippen molar-refractivity contribution >= 4 is 57.1 Å². The molecule has 0 radical (unpaired) electrons. The van der Waals surface area contributed by atoms with Gasteiger partial charge in [-0.2, -0.15) is 4.98 Å². The average Bonchev–Trinajstić information content (AvgIpc) is 3.12. The molecule has 2 heterocycles. The summed E-state index contributed by atoms with van der Waals surface area (Å²) in [4.78, 5) is 25.9. The monoisotopic (exact) mass is 541 g/mol. The number of carbonyl (C=O) groups is 1. The molecule has 1 aliphatic rings. The number of nitrogens with zero attached hydrogens (tertiary/aromatic N) is 4. The van der Waals surface area contributed by atoms with E-state index < -0.39 is 0 Å². The molecule has 1 amide bonds. The van der Waals surface area contributed by atoms with Gasteiger partial charge in [0.25, 0.3) is 0 Å². The minimum absolute atomic E-state index is 0.258. The first-order valence-electron chi connectivity index (χ1n) is 13.0. The number of hydrogen-bond donors (Lipinski definition) is 3. The molecule has 1 aliphatic heterocycles. The molecule has 0 bridgehead atoms. The van der Waals surface area contributed by atoms with Crippen LogP contribution < -0.4 is 16.0 Å². The van der Waals surface area contributed by atoms with Gasteiger partial charge in [0.05, 0.1) is 5.02 Å². The zero-order valence-corrected chi connectivity index (χ0v) is 22.7. The zero-order valence-electron chi connectivity index (χ0n) is 22.0. The smallest absolute Gasteiger partial charge is 0.247 e. The van der Waals surface area contributed by atoms with Crippen molar-refractivity contribution in [2.24, 2.45) is 0 Å². The zero-order chi connectivity index (χ0) is 27.2. The molecule has 8 nitrogen and oxygen atoms in total. The molecular formula is C30H32ClN7O. The SMILES string of the molecule is C=CC(=O)Nc1cc(CN2CCCN(C)CC2)cc(Nc2nccc(Nc3cc(Cl)c4ccccc4c3)n2)c1. The maximum absolute atomic E-state index is 12.0. The predicted molar refractivity (Wildman–Crippen MR) is 160 cm³/mol. The van der Waals surface area contributed by atoms with E-state index in [1.807, 2.05) is 48.5 Å². The normalized spacial score (nSPS) is 14.5. The van der Waals surface area contributed by atoms with E-state index in [0.717, 1.165) is 66.9 Å². The fourth-order valence-electron chi connectivity index (χ4n) is 4.74. The summed E-state index contributed by atoms with van der Waals surface area (Å²) in [5, 5.41) is 12.2. The summed E-state index contributed by atoms with van der Waals surface area (Å²) in [5.74, 6) is 0.802. The van der Waals surface area contributed by atoms with Crippen LogP contribution in [0, 0.1) is 0 Å². The van der Waals surface area contributed by atoms with E-state index >= 15 is 0 Å². The molecule has 0 spiro atoms. The largest absolute Gasteiger partial charge is 0.340 e. The number of hydrogen-bond acceptors (Lipinski definition) is 7. The summed E-state index contributed by atoms with van der Waals surface area (Å²) in [6.07, 6.45) is 4.09. The number of rotatable bonds is 8. The number of fused-ring (bicyclic) bond motifs is 1. The number of likely N-dealkylation sites (N-methyl/N-ethyl adjacent to an activating group) is 1. The number of halogens is 1. The molecule has 3 N–H and O–H groups in total. The minimum atomic E-state index is -0.258. The standard InChI is InChI=1S/C30H32ClN7O/c1-3-29(39)34-23-15-21(20-38-12-6-11-37(2)13-14-38)16-24(18-23)35-30-32-10-9-28(36-30)33-25-17-22-7-4-5-8-26(22)27(31)19-25/h3-5,7-10,15-19H,1,6,11-14,20H2,2H3,(H,34,39)(H2,32,33,35,36). The fraction of sp³-hybridized carbons (Fsp3) is 0.233. The van der Waals surface area contributed by atoms with Crippen molar-refractivity contribution in [3.8, 4) is 0 Å². The highest BCUT2D eigenvalue weighted by Gasteiger charge is 2.14. The Kier molecular flexibility index (Phi) is 8.36. The first kappa shape index (κ1) is 26.6. The Morgan fingerprint density at radius 2 is 1.82 bits per heavy atom. The van der Waals surface area contributed by atoms with Crippen molar-refractivity contribution in [3.63, 3.8) is 0 Å². The van der Waals surface area contributed by atoms with Crippen LogP contribution in [0.4, 0.5) is 28.8 Å². The van der Waals surface area contributed by atoms with E-state index in [1.165, 1.54) is 6.08 Å². The van der Waals surface area contributed by atoms with Crippen LogP contribution in [0.15, 0.2) is 79.5 Å². The number of nitrogens with one attached hydrogen (secondary N) is 3. The molecule has 0 aliphatic carbocycles. The van der Waals surface area contributed by atoms with Crippen LogP contribution in [0.5, 0.6) is 0 Å². The Morgan fingerprint density at radius 3 is 2.69 bits per heavy atom. The molecule has 1 aromatic heterocycles. The van der Waals surface area contributed by atoms with Crippen molar-refractivity contribution in [3.05, 3.63) is 90.1 Å². The predicted octanol–water partition coefficient (Wildman–Crippen LogP) is 6.03. The Morgan fingerprint density at radius 1 is 1.00 bits per heavy atom. The van der Waals surface area contributed by atoms with Crippen LogP contribution in [0.1, 0.15) is 12.0 Å². The number of anilines is 5. The summed E-state index contributed by atoms with van der Waals surface area (Å²) in [7, 11) is 2.16. The molecule has 0 atom stereocenters. The van der Waals surface area contributed by atoms with Gasteiger partial charge < -0.3 is 20.9 Å². The molecule has 39 heavy (non-hydrogen) atoms. The van der Waals surface area contributed by atoms with Gasteiger partial charge >= 0.3 is 0 Å². The fourth-order valence-corrected chi connectivity index (χ4v) is 5.03. The lowest BCUT2D eigenvalue weighted by atomic mass is 10.1. The van der Waals surface area contributed by atoms with Gasteiger partial charge in [-0.15, -0.1) is 0 Å². The Labute approximate surface area is 233 Å². The second kappa shape index (κ2) is 12.3. The van der Waals surface area contributed by atoms with Gasteiger partial charge in [0, 0.05) is 48.3 Å². The van der Waals surface area contributed by atoms with Crippen LogP contribution in [-0.4, -0.2) is 58.9 Å². The van der Waals surface area contributed by atoms with E-state index in [4.69, 9.17) is 11.6 Å². The topological polar surface area (TPSA) is 85.4 Å². The third-order valence-electron chi connectivity index (χ3n) is 6.66. The van der Waals surface area contributed by atoms with Crippen molar-refractivity contribution in [2.45, 2.75) is 13.0 Å². The Hall–Kier alpha value is -3.98. The quantitative estimate of drug-likeness (QED) is 0.235. The van der Waals surface area contributed by atoms with Gasteiger partial charge in [-0.3, -0.25) is 9.69 Å². The summed E-state index contributed by atoms with van der Waals surface area (Å²) >= 11 is 6.50. The van der Waals surface area contributed by atoms with Crippen LogP contribution in [-0.2, 0) is 11.3 Å². The maximum Gasteiger partial charge on any atom is 0.247 e. The van der Waals surface area contributed by atoms with E-state index in [-0.39, 0.29) is 5.91 Å². The van der Waals surface area contributed by atoms with Crippen LogP contribution >= 0.6 is 11.6 Å². The Bertz CT molecular complexity index is 1490. The van der Waals surface area contributed by atoms with Gasteiger partial charge in [0.15, 0.2) is 0 Å². The number of carbonyl (C=O) groups excluding carboxylic acids is 1. The molecular weight excluding hydrogens is 510 g/mol. The minimum Gasteiger partial charge on any atom is -0.340 e. The highest BCUT2D eigenvalue weighted by Crippen LogP contribution is 2.29. The van der Waals surface area contributed by atoms with E-state index in [2.05, 4.69) is 55.4 Å². The first-order chi connectivity index (χ1) is 18.9. The lowest BCUT2D eigenvalue weighted by Gasteiger charge is -2.21. The third-order valence-corrected chi connectivity index (χ3v) is 6.97. The average molecular weight is 542 g/mol. The van der Waals surface area contributed by atoms with Gasteiger partial charge in [0.2, 0.25) is 11.9 Å². The van der Waals surface area contributed by atoms with Crippen molar-refractivity contribution in [1.29, 1.82) is 0 Å². The Balaban J connectivity index is 1.36. The van der Waals surface area contributed by atoms with Crippen molar-refractivity contribution in [2.75, 3.05) is 49.2 Å². The maximum atomic E-state index is 12.0. The molecule has 200 valence electrons. The first-order valence-corrected chi connectivity index (χ1v) is 13.4. The van der Waals surface area contributed by atoms with Crippen LogP contribution in [0.3, 0.4) is 0 Å². The lowest BCUT2D eigenvalue weighted by Crippen LogP contribution is -2.28. The summed E-state index contributed by atoms with van der Waals surface area (Å²) in [6.45, 7) is 8.52. The van der Waals surface area contributed by atoms with Gasteiger partial charge in [-0.1, -0.05) is 42.4 Å². The molecule has 9 heteroatoms. The summed E-state index contributed by atoms with van der Waals surface area (Å²) in [6, 6.07) is 19.7. The summed E-state index contributed by atoms with van der Waals surface area (Å²) < 4.78 is 0. The highest BCUT2D eigenvalue weighted by molar-refractivity contribution is 6.35. The molecule has 5 rings (SSSR count). The van der Waals surface area contributed by atoms with Gasteiger partial charge in [0.1, 0.15) is 5.82 Å². The molecule has 3 aromatic carbocycles. The molecule has 1 fully saturated rings. The lowest BCUT2D eigenvalue weighted by molar-refractivity contribution is -0.111. The number of benzene rings is 3. The van der Waals surface area contributed by atoms with Gasteiger partial charge in [-0.05, 0) is 80.0 Å². The van der Waals surface area contributed by atoms with Crippen LogP contribution in [0.25, 0.3) is 10.8 Å². The molecule has 4 aromatic rings. The second-order valence-electron chi connectivity index (χ2n) is 9.74. The molecule has 0 saturated carbocycles. The summed E-state index contributed by atoms with van der Waals surface area (Å²) in [5.41, 5.74) is 3.39. The van der Waals surface area contributed by atoms with Crippen molar-refractivity contribution < 1.29 is 4.79 Å². The number of aromatic nitrogens is 2. The molecule has 0 unspecified atom stereocenters. The van der Waals surface area contributed by atoms with Crippen LogP contribution in [0.2, 0.25) is 5.02 Å². The number of amides is 1. The second-order valence-corrected chi connectivity index (χ2v) is 10.1. The highest BCUT2D eigenvalue weighted by atomic mass is 35.5. The van der Waals surface area contributed by atoms with E-state index in [1.54, 1.807) is 12.3 Å².